The van der Waals surface area contributed by atoms with Gasteiger partial charge in [0.25, 0.3) is 0 Å². The molecule has 78 valence electrons. The molecule has 0 radical (unpaired) electrons. The molecule has 1 N–H and O–H groups in total. The number of rotatable bonds is 3. The lowest BCUT2D eigenvalue weighted by molar-refractivity contribution is 0.0804. The molecule has 1 aromatic carbocycles. The molecule has 0 aliphatic heterocycles. The molecule has 15 heavy (non-hydrogen) atoms. The Bertz CT molecular complexity index is 407. The van der Waals surface area contributed by atoms with Gasteiger partial charge in [-0.05, 0) is 23.4 Å². The van der Waals surface area contributed by atoms with Gasteiger partial charge in [-0.25, -0.2) is 0 Å². The van der Waals surface area contributed by atoms with Gasteiger partial charge in [0.05, 0.1) is 0 Å². The summed E-state index contributed by atoms with van der Waals surface area (Å²) < 4.78 is 0. The topological polar surface area (TPSA) is 20.2 Å². The van der Waals surface area contributed by atoms with Gasteiger partial charge >= 0.3 is 0 Å². The van der Waals surface area contributed by atoms with Crippen molar-refractivity contribution in [2.75, 3.05) is 0 Å². The predicted molar refractivity (Wildman–Crippen MR) is 64.1 cm³/mol. The summed E-state index contributed by atoms with van der Waals surface area (Å²) in [6, 6.07) is 13.8. The Balaban J connectivity index is 2.47. The van der Waals surface area contributed by atoms with E-state index in [1.807, 2.05) is 54.8 Å². The smallest absolute Gasteiger partial charge is 0.123 e. The van der Waals surface area contributed by atoms with Crippen molar-refractivity contribution in [1.82, 2.24) is 0 Å². The van der Waals surface area contributed by atoms with Crippen LogP contribution in [0.2, 0.25) is 0 Å². The highest BCUT2D eigenvalue weighted by Crippen LogP contribution is 2.35. The summed E-state index contributed by atoms with van der Waals surface area (Å²) >= 11 is 1.60. The Morgan fingerprint density at radius 2 is 1.87 bits per heavy atom. The second kappa shape index (κ2) is 4.17. The average molecular weight is 218 g/mol. The van der Waals surface area contributed by atoms with Gasteiger partial charge in [0.2, 0.25) is 0 Å². The molecule has 0 bridgehead atoms. The van der Waals surface area contributed by atoms with Crippen LogP contribution in [0.1, 0.15) is 23.8 Å². The van der Waals surface area contributed by atoms with Crippen molar-refractivity contribution < 1.29 is 5.11 Å². The monoisotopic (exact) mass is 218 g/mol. The molecule has 0 fully saturated rings. The Hall–Kier alpha value is -1.12. The molecular weight excluding hydrogens is 204 g/mol. The molecule has 0 aliphatic carbocycles. The van der Waals surface area contributed by atoms with Gasteiger partial charge in [0, 0.05) is 4.88 Å². The van der Waals surface area contributed by atoms with Crippen LogP contribution in [-0.4, -0.2) is 5.11 Å². The van der Waals surface area contributed by atoms with Gasteiger partial charge in [-0.3, -0.25) is 0 Å². The van der Waals surface area contributed by atoms with Gasteiger partial charge in [-0.15, -0.1) is 11.3 Å². The fraction of sp³-hybridized carbons (Fsp3) is 0.231. The van der Waals surface area contributed by atoms with E-state index in [4.69, 9.17) is 0 Å². The van der Waals surface area contributed by atoms with Crippen molar-refractivity contribution in [3.05, 3.63) is 58.3 Å². The Morgan fingerprint density at radius 3 is 2.40 bits per heavy atom. The maximum atomic E-state index is 10.7. The molecule has 0 amide bonds. The minimum absolute atomic E-state index is 0.692. The fourth-order valence-corrected chi connectivity index (χ4v) is 2.67. The van der Waals surface area contributed by atoms with Gasteiger partial charge in [-0.2, -0.15) is 0 Å². The van der Waals surface area contributed by atoms with E-state index in [1.54, 1.807) is 11.3 Å². The maximum absolute atomic E-state index is 10.7. The average Bonchev–Trinajstić information content (AvgIpc) is 2.83. The summed E-state index contributed by atoms with van der Waals surface area (Å²) in [5.41, 5.74) is 0.144. The number of hydrogen-bond acceptors (Lipinski definition) is 2. The van der Waals surface area contributed by atoms with E-state index in [0.29, 0.717) is 6.42 Å². The lowest BCUT2D eigenvalue weighted by Crippen LogP contribution is -2.24. The highest BCUT2D eigenvalue weighted by atomic mass is 32.1. The zero-order valence-corrected chi connectivity index (χ0v) is 9.50. The highest BCUT2D eigenvalue weighted by molar-refractivity contribution is 7.10. The summed E-state index contributed by atoms with van der Waals surface area (Å²) in [6.07, 6.45) is 0.692. The van der Waals surface area contributed by atoms with Crippen molar-refractivity contribution in [1.29, 1.82) is 0 Å². The predicted octanol–water partition coefficient (Wildman–Crippen LogP) is 3.39. The molecule has 1 heterocycles. The summed E-state index contributed by atoms with van der Waals surface area (Å²) in [7, 11) is 0. The molecule has 1 nitrogen and oxygen atoms in total. The number of hydrogen-bond donors (Lipinski definition) is 1. The van der Waals surface area contributed by atoms with E-state index in [9.17, 15) is 5.11 Å². The van der Waals surface area contributed by atoms with E-state index in [-0.39, 0.29) is 0 Å². The van der Waals surface area contributed by atoms with Crippen LogP contribution >= 0.6 is 11.3 Å². The standard InChI is InChI=1S/C13H14OS/c1-2-13(14,12-9-6-10-15-12)11-7-4-3-5-8-11/h3-10,14H,2H2,1H3. The summed E-state index contributed by atoms with van der Waals surface area (Å²) in [6.45, 7) is 2.01. The first kappa shape index (κ1) is 10.4. The first-order valence-corrected chi connectivity index (χ1v) is 5.97. The second-order valence-corrected chi connectivity index (χ2v) is 4.50. The maximum Gasteiger partial charge on any atom is 0.123 e. The first-order valence-electron chi connectivity index (χ1n) is 5.09. The van der Waals surface area contributed by atoms with E-state index < -0.39 is 5.60 Å². The molecule has 0 saturated carbocycles. The van der Waals surface area contributed by atoms with Crippen LogP contribution in [0.15, 0.2) is 47.8 Å². The van der Waals surface area contributed by atoms with E-state index in [1.165, 1.54) is 0 Å². The van der Waals surface area contributed by atoms with Gasteiger partial charge in [0.1, 0.15) is 5.60 Å². The lowest BCUT2D eigenvalue weighted by Gasteiger charge is -2.26. The van der Waals surface area contributed by atoms with Crippen molar-refractivity contribution in [3.8, 4) is 0 Å². The molecular formula is C13H14OS. The molecule has 0 aliphatic rings. The zero-order chi connectivity index (χ0) is 10.7. The first-order chi connectivity index (χ1) is 7.27. The van der Waals surface area contributed by atoms with Crippen molar-refractivity contribution in [3.63, 3.8) is 0 Å². The molecule has 2 rings (SSSR count). The summed E-state index contributed by atoms with van der Waals surface area (Å²) in [4.78, 5) is 1.01. The molecule has 2 aromatic rings. The third-order valence-corrected chi connectivity index (χ3v) is 3.71. The normalized spacial score (nSPS) is 14.8. The molecule has 0 saturated heterocycles. The van der Waals surface area contributed by atoms with Crippen LogP contribution < -0.4 is 0 Å². The molecule has 1 atom stereocenters. The van der Waals surface area contributed by atoms with Crippen LogP contribution in [0.3, 0.4) is 0 Å². The minimum atomic E-state index is -0.824. The summed E-state index contributed by atoms with van der Waals surface area (Å²) in [5.74, 6) is 0. The van der Waals surface area contributed by atoms with Crippen LogP contribution in [0.5, 0.6) is 0 Å². The van der Waals surface area contributed by atoms with Crippen molar-refractivity contribution in [2.24, 2.45) is 0 Å². The number of aliphatic hydroxyl groups is 1. The lowest BCUT2D eigenvalue weighted by atomic mass is 9.90. The summed E-state index contributed by atoms with van der Waals surface area (Å²) in [5, 5.41) is 12.7. The van der Waals surface area contributed by atoms with Crippen molar-refractivity contribution in [2.45, 2.75) is 18.9 Å². The van der Waals surface area contributed by atoms with Crippen molar-refractivity contribution >= 4 is 11.3 Å². The Morgan fingerprint density at radius 1 is 1.13 bits per heavy atom. The van der Waals surface area contributed by atoms with Gasteiger partial charge in [-0.1, -0.05) is 43.3 Å². The minimum Gasteiger partial charge on any atom is -0.380 e. The Labute approximate surface area is 94.0 Å². The molecule has 2 heteroatoms. The van der Waals surface area contributed by atoms with Crippen LogP contribution in [-0.2, 0) is 5.60 Å². The van der Waals surface area contributed by atoms with E-state index in [2.05, 4.69) is 0 Å². The third-order valence-electron chi connectivity index (χ3n) is 2.69. The molecule has 0 spiro atoms. The molecule has 1 unspecified atom stereocenters. The van der Waals surface area contributed by atoms with Crippen LogP contribution in [0, 0.1) is 0 Å². The quantitative estimate of drug-likeness (QED) is 0.837. The second-order valence-electron chi connectivity index (χ2n) is 3.56. The van der Waals surface area contributed by atoms with Gasteiger partial charge < -0.3 is 5.11 Å². The van der Waals surface area contributed by atoms with Crippen LogP contribution in [0.4, 0.5) is 0 Å². The number of thiophene rings is 1. The SMILES string of the molecule is CCC(O)(c1ccccc1)c1cccs1. The molecule has 1 aromatic heterocycles. The van der Waals surface area contributed by atoms with Crippen LogP contribution in [0.25, 0.3) is 0 Å². The number of benzene rings is 1. The zero-order valence-electron chi connectivity index (χ0n) is 8.68. The van der Waals surface area contributed by atoms with E-state index >= 15 is 0 Å². The Kier molecular flexibility index (Phi) is 2.89. The largest absolute Gasteiger partial charge is 0.380 e. The third kappa shape index (κ3) is 1.83. The highest BCUT2D eigenvalue weighted by Gasteiger charge is 2.29. The fourth-order valence-electron chi connectivity index (χ4n) is 1.75. The van der Waals surface area contributed by atoms with E-state index in [0.717, 1.165) is 10.4 Å². The van der Waals surface area contributed by atoms with Gasteiger partial charge in [0.15, 0.2) is 0 Å².